The summed E-state index contributed by atoms with van der Waals surface area (Å²) in [6.45, 7) is 14.9. The highest BCUT2D eigenvalue weighted by Crippen LogP contribution is 2.42. The van der Waals surface area contributed by atoms with Gasteiger partial charge in [0.05, 0.1) is 47.4 Å². The van der Waals surface area contributed by atoms with Crippen LogP contribution in [0.4, 0.5) is 0 Å². The van der Waals surface area contributed by atoms with Crippen LogP contribution >= 0.6 is 22.9 Å². The van der Waals surface area contributed by atoms with E-state index in [0.29, 0.717) is 31.6 Å². The van der Waals surface area contributed by atoms with Crippen molar-refractivity contribution in [3.63, 3.8) is 0 Å². The lowest BCUT2D eigenvalue weighted by atomic mass is 9.85. The zero-order chi connectivity index (χ0) is 54.8. The average molecular weight is 1090 g/mol. The smallest absolute Gasteiger partial charge is 0.328 e. The van der Waals surface area contributed by atoms with E-state index in [-0.39, 0.29) is 53.9 Å². The largest absolute Gasteiger partial charge is 0.467 e. The highest BCUT2D eigenvalue weighted by Gasteiger charge is 2.45. The molecule has 3 aliphatic heterocycles. The molecule has 4 N–H and O–H groups in total. The number of fused-ring (bicyclic) bond motifs is 3. The van der Waals surface area contributed by atoms with Crippen molar-refractivity contribution in [2.75, 3.05) is 58.8 Å². The number of esters is 1. The number of β-amino-alcohol motifs (C(OH)–C–C–N with tert-alkyl or cyclic N) is 1. The Hall–Kier alpha value is -5.65. The number of benzene rings is 3. The number of hydrogen-bond acceptors (Lipinski definition) is 11. The number of unbranched alkanes of at least 4 members (excludes halogenated alkanes) is 8. The number of aliphatic hydroxyl groups excluding tert-OH is 1. The second kappa shape index (κ2) is 26.3. The molecule has 4 amide bonds. The number of alkyl halides is 1. The highest BCUT2D eigenvalue weighted by molar-refractivity contribution is 7.13. The van der Waals surface area contributed by atoms with Crippen LogP contribution < -0.4 is 10.6 Å². The molecule has 2 saturated heterocycles. The Morgan fingerprint density at radius 3 is 2.17 bits per heavy atom. The van der Waals surface area contributed by atoms with Gasteiger partial charge in [-0.25, -0.2) is 9.78 Å². The number of halogens is 1. The second-order valence-electron chi connectivity index (χ2n) is 22.3. The van der Waals surface area contributed by atoms with Crippen LogP contribution in [0.5, 0.6) is 0 Å². The number of rotatable bonds is 22. The van der Waals surface area contributed by atoms with Gasteiger partial charge in [-0.15, -0.1) is 22.9 Å². The number of nitrogens with one attached hydrogen (secondary N) is 3. The van der Waals surface area contributed by atoms with Crippen molar-refractivity contribution in [3.05, 3.63) is 112 Å². The third kappa shape index (κ3) is 13.8. The maximum atomic E-state index is 14.2. The second-order valence-corrected chi connectivity index (χ2v) is 23.5. The molecular weight excluding hydrogens is 1010 g/mol. The predicted octanol–water partition coefficient (Wildman–Crippen LogP) is 8.97. The Labute approximate surface area is 463 Å². The Kier molecular flexibility index (Phi) is 19.7. The summed E-state index contributed by atoms with van der Waals surface area (Å²) in [7, 11) is 1.33. The molecule has 6 atom stereocenters. The number of aromatic nitrogens is 2. The molecule has 3 aliphatic rings. The molecule has 0 saturated carbocycles. The lowest BCUT2D eigenvalue weighted by Gasteiger charge is -2.40. The van der Waals surface area contributed by atoms with Gasteiger partial charge in [0.15, 0.2) is 0 Å². The number of likely N-dealkylation sites (tertiary alicyclic amines) is 1. The maximum absolute atomic E-state index is 14.2. The molecule has 5 heterocycles. The van der Waals surface area contributed by atoms with Crippen molar-refractivity contribution in [1.29, 1.82) is 0 Å². The fraction of sp³-hybridized carbons (Fsp3) is 0.533. The molecular formula is C60H79ClN8O7S. The van der Waals surface area contributed by atoms with Gasteiger partial charge in [-0.1, -0.05) is 120 Å². The van der Waals surface area contributed by atoms with Crippen LogP contribution in [-0.2, 0) is 30.3 Å². The van der Waals surface area contributed by atoms with E-state index in [1.807, 2.05) is 118 Å². The van der Waals surface area contributed by atoms with Crippen LogP contribution in [0.25, 0.3) is 21.3 Å². The molecule has 414 valence electrons. The van der Waals surface area contributed by atoms with Gasteiger partial charge in [-0.3, -0.25) is 24.1 Å². The highest BCUT2D eigenvalue weighted by atomic mass is 35.5. The quantitative estimate of drug-likeness (QED) is 0.0297. The molecule has 0 aliphatic carbocycles. The van der Waals surface area contributed by atoms with Crippen LogP contribution in [-0.4, -0.2) is 147 Å². The van der Waals surface area contributed by atoms with E-state index in [4.69, 9.17) is 16.3 Å². The van der Waals surface area contributed by atoms with Gasteiger partial charge < -0.3 is 40.2 Å². The third-order valence-corrected chi connectivity index (χ3v) is 17.1. The molecule has 0 unspecified atom stereocenters. The van der Waals surface area contributed by atoms with Gasteiger partial charge in [0.1, 0.15) is 18.0 Å². The summed E-state index contributed by atoms with van der Waals surface area (Å²) < 4.78 is 5.18. The zero-order valence-electron chi connectivity index (χ0n) is 45.8. The number of nitrogens with zero attached hydrogens (tertiary/aromatic N) is 5. The summed E-state index contributed by atoms with van der Waals surface area (Å²) in [4.78, 5) is 84.7. The molecule has 2 aromatic heterocycles. The van der Waals surface area contributed by atoms with Crippen molar-refractivity contribution in [3.8, 4) is 10.4 Å². The fourth-order valence-electron chi connectivity index (χ4n) is 11.6. The Morgan fingerprint density at radius 2 is 1.53 bits per heavy atom. The molecule has 5 aromatic rings. The number of piperazine rings is 1. The fourth-order valence-corrected chi connectivity index (χ4v) is 12.5. The van der Waals surface area contributed by atoms with E-state index in [2.05, 4.69) is 25.5 Å². The lowest BCUT2D eigenvalue weighted by Crippen LogP contribution is -2.56. The summed E-state index contributed by atoms with van der Waals surface area (Å²) in [5.41, 5.74) is 8.55. The Morgan fingerprint density at radius 1 is 0.870 bits per heavy atom. The van der Waals surface area contributed by atoms with Gasteiger partial charge in [0.2, 0.25) is 17.7 Å². The van der Waals surface area contributed by atoms with E-state index < -0.39 is 36.2 Å². The number of aliphatic hydroxyl groups is 1. The molecule has 0 spiro atoms. The first-order valence-electron chi connectivity index (χ1n) is 27.8. The number of carbonyl (C=O) groups is 5. The normalized spacial score (nSPS) is 19.8. The van der Waals surface area contributed by atoms with Gasteiger partial charge in [0, 0.05) is 67.7 Å². The van der Waals surface area contributed by atoms with E-state index in [1.165, 1.54) is 44.1 Å². The van der Waals surface area contributed by atoms with Crippen LogP contribution in [0.3, 0.4) is 0 Å². The molecule has 8 rings (SSSR count). The summed E-state index contributed by atoms with van der Waals surface area (Å²) in [6.07, 6.45) is 10.1. The molecule has 3 aromatic carbocycles. The summed E-state index contributed by atoms with van der Waals surface area (Å²) in [5.74, 6) is -1.58. The first kappa shape index (κ1) is 57.5. The van der Waals surface area contributed by atoms with E-state index in [9.17, 15) is 29.1 Å². The summed E-state index contributed by atoms with van der Waals surface area (Å²) >= 11 is 7.74. The minimum atomic E-state index is -0.851. The average Bonchev–Trinajstić information content (AvgIpc) is 4.20. The standard InChI is InChI=1S/C60H79ClN8O7S/c1-39(41-20-24-43(25-21-41)54-40(2)63-38-77-54)64-56(72)49-34-45(70)37-68(49)58(74)55(60(3,4)5)62-28-16-12-10-8-7-9-11-13-17-29-66-30-32-67(33-31-66)57(73)44-26-22-42(23-27-44)53-52-47(46-18-14-15-19-48(46)65-52)35-50(59(75)76-6)69(53)51(71)36-61/h14-15,18-27,38-39,45,49-50,53,55,62,65,70H,7-13,16-17,28-37H2,1-6H3,(H,64,72)/t39-,45+,49-,50+,53-,55+/m0/s1. The van der Waals surface area contributed by atoms with Crippen molar-refractivity contribution < 1.29 is 33.8 Å². The van der Waals surface area contributed by atoms with Crippen molar-refractivity contribution in [2.45, 2.75) is 142 Å². The zero-order valence-corrected chi connectivity index (χ0v) is 47.4. The lowest BCUT2D eigenvalue weighted by molar-refractivity contribution is -0.154. The SMILES string of the molecule is COC(=O)[C@H]1Cc2c([nH]c3ccccc23)[C@H](c2ccc(C(=O)N3CCN(CCCCCCCCCCCN[C@H](C(=O)N4C[C@H](O)C[C@H]4C(=O)N[C@@H](C)c4ccc(-c5scnc5C)cc4)C(C)(C)C)CC3)cc2)N1C(=O)CCl. The third-order valence-electron chi connectivity index (χ3n) is 15.9. The van der Waals surface area contributed by atoms with E-state index >= 15 is 0 Å². The molecule has 2 fully saturated rings. The predicted molar refractivity (Wildman–Crippen MR) is 304 cm³/mol. The minimum Gasteiger partial charge on any atom is -0.467 e. The number of para-hydroxylation sites is 1. The first-order chi connectivity index (χ1) is 37.1. The van der Waals surface area contributed by atoms with Gasteiger partial charge in [-0.2, -0.15) is 0 Å². The maximum Gasteiger partial charge on any atom is 0.328 e. The minimum absolute atomic E-state index is 0.0184. The number of carbonyl (C=O) groups excluding carboxylic acids is 5. The number of ether oxygens (including phenoxy) is 1. The van der Waals surface area contributed by atoms with Gasteiger partial charge in [0.25, 0.3) is 5.91 Å². The number of H-pyrrole nitrogens is 1. The molecule has 0 radical (unpaired) electrons. The van der Waals surface area contributed by atoms with Crippen molar-refractivity contribution in [1.82, 2.24) is 40.2 Å². The molecule has 17 heteroatoms. The number of aromatic amines is 1. The number of thiazole rings is 1. The Balaban J connectivity index is 0.705. The summed E-state index contributed by atoms with van der Waals surface area (Å²) in [5, 5.41) is 18.3. The Bertz CT molecular complexity index is 2800. The van der Waals surface area contributed by atoms with Crippen LogP contribution in [0.15, 0.2) is 78.3 Å². The number of hydrogen-bond donors (Lipinski definition) is 4. The van der Waals surface area contributed by atoms with Crippen molar-refractivity contribution in [2.24, 2.45) is 5.41 Å². The monoisotopic (exact) mass is 1090 g/mol. The van der Waals surface area contributed by atoms with Gasteiger partial charge in [-0.05, 0) is 85.6 Å². The van der Waals surface area contributed by atoms with Crippen molar-refractivity contribution >= 4 is 63.4 Å². The van der Waals surface area contributed by atoms with Crippen LogP contribution in [0.1, 0.15) is 142 Å². The van der Waals surface area contributed by atoms with E-state index in [1.54, 1.807) is 16.2 Å². The molecule has 0 bridgehead atoms. The summed E-state index contributed by atoms with van der Waals surface area (Å²) in [6, 6.07) is 20.4. The van der Waals surface area contributed by atoms with E-state index in [0.717, 1.165) is 94.7 Å². The number of aryl methyl sites for hydroxylation is 1. The molecule has 15 nitrogen and oxygen atoms in total. The topological polar surface area (TPSA) is 181 Å². The van der Waals surface area contributed by atoms with Crippen LogP contribution in [0, 0.1) is 12.3 Å². The van der Waals surface area contributed by atoms with Gasteiger partial charge >= 0.3 is 5.97 Å². The van der Waals surface area contributed by atoms with Crippen LogP contribution in [0.2, 0.25) is 0 Å². The number of amides is 4. The first-order valence-corrected chi connectivity index (χ1v) is 29.2. The number of methoxy groups -OCH3 is 1. The molecule has 77 heavy (non-hydrogen) atoms.